The van der Waals surface area contributed by atoms with Crippen LogP contribution in [0.4, 0.5) is 30.9 Å². The zero-order chi connectivity index (χ0) is 14.9. The molecule has 0 aromatic heterocycles. The van der Waals surface area contributed by atoms with E-state index in [2.05, 4.69) is 52.3 Å². The molecule has 0 radical (unpaired) electrons. The van der Waals surface area contributed by atoms with Crippen LogP contribution in [0.1, 0.15) is 5.56 Å². The summed E-state index contributed by atoms with van der Waals surface area (Å²) in [5, 5.41) is 0. The van der Waals surface area contributed by atoms with Gasteiger partial charge in [0.25, 0.3) is 0 Å². The van der Waals surface area contributed by atoms with Crippen molar-refractivity contribution < 1.29 is 25.2 Å². The molecule has 8 heteroatoms. The summed E-state index contributed by atoms with van der Waals surface area (Å²) in [6, 6.07) is 8.49. The van der Waals surface area contributed by atoms with Gasteiger partial charge in [0.15, 0.2) is 0 Å². The molecule has 0 bridgehead atoms. The first kappa shape index (κ1) is 17.2. The van der Waals surface area contributed by atoms with Crippen LogP contribution in [-0.4, -0.2) is 21.1 Å². The van der Waals surface area contributed by atoms with Gasteiger partial charge in [0, 0.05) is 5.56 Å². The number of hydrogen-bond acceptors (Lipinski definition) is 0. The maximum atomic E-state index is 9.87. The number of quaternary nitrogens is 1. The molecule has 0 aliphatic carbocycles. The summed E-state index contributed by atoms with van der Waals surface area (Å²) >= 11 is 0. The Morgan fingerprint density at radius 2 is 1.17 bits per heavy atom. The molecule has 1 nitrogen and oxygen atoms in total. The second-order valence-corrected chi connectivity index (χ2v) is 6.67. The zero-order valence-corrected chi connectivity index (χ0v) is 11.4. The van der Waals surface area contributed by atoms with Gasteiger partial charge < -0.3 is 0 Å². The van der Waals surface area contributed by atoms with E-state index in [4.69, 9.17) is 0 Å². The average Bonchev–Trinajstić information content (AvgIpc) is 1.96. The Balaban J connectivity index is 0.000000360. The molecule has 108 valence electrons. The molecule has 0 fully saturated rings. The Hall–Kier alpha value is -0.810. The third-order valence-electron chi connectivity index (χ3n) is 1.84. The summed E-state index contributed by atoms with van der Waals surface area (Å²) in [6.45, 7) is 2.15. The van der Waals surface area contributed by atoms with Gasteiger partial charge in [-0.1, -0.05) is 18.2 Å². The van der Waals surface area contributed by atoms with Crippen LogP contribution in [0.2, 0.25) is 0 Å². The van der Waals surface area contributed by atoms with Crippen LogP contribution in [0, 0.1) is 6.92 Å². The monoisotopic (exact) mass is 295 g/mol. The number of hydrogen-bond donors (Lipinski definition) is 0. The van der Waals surface area contributed by atoms with Crippen molar-refractivity contribution in [1.82, 2.24) is 4.48 Å². The Kier molecular flexibility index (Phi) is 3.91. The molecule has 18 heavy (non-hydrogen) atoms. The summed E-state index contributed by atoms with van der Waals surface area (Å²) in [5.41, 5.74) is 2.74. The van der Waals surface area contributed by atoms with Gasteiger partial charge in [0.1, 0.15) is 5.69 Å². The average molecular weight is 295 g/mol. The molecule has 1 rings (SSSR count). The fourth-order valence-corrected chi connectivity index (χ4v) is 1.32. The minimum atomic E-state index is -10.7. The molecular formula is C10H16F6NP. The van der Waals surface area contributed by atoms with Gasteiger partial charge in [0.2, 0.25) is 0 Å². The van der Waals surface area contributed by atoms with Crippen LogP contribution in [0.15, 0.2) is 24.3 Å². The topological polar surface area (TPSA) is 0 Å². The first-order valence-corrected chi connectivity index (χ1v) is 6.94. The number of aryl methyl sites for hydroxylation is 1. The van der Waals surface area contributed by atoms with E-state index in [9.17, 15) is 25.2 Å². The van der Waals surface area contributed by atoms with Crippen molar-refractivity contribution in [3.8, 4) is 0 Å². The molecule has 1 aromatic rings. The van der Waals surface area contributed by atoms with Crippen molar-refractivity contribution in [2.45, 2.75) is 6.92 Å². The molecule has 0 atom stereocenters. The summed E-state index contributed by atoms with van der Waals surface area (Å²) in [5.74, 6) is 0. The number of rotatable bonds is 1. The first-order valence-electron chi connectivity index (χ1n) is 4.91. The second-order valence-electron chi connectivity index (χ2n) is 4.76. The first-order chi connectivity index (χ1) is 7.47. The van der Waals surface area contributed by atoms with Crippen molar-refractivity contribution in [2.75, 3.05) is 21.1 Å². The zero-order valence-electron chi connectivity index (χ0n) is 10.5. The third kappa shape index (κ3) is 11.7. The van der Waals surface area contributed by atoms with E-state index >= 15 is 0 Å². The molecule has 0 amide bonds. The minimum absolute atomic E-state index is 0.896. The molecule has 0 aliphatic rings. The molecule has 0 saturated heterocycles. The van der Waals surface area contributed by atoms with Gasteiger partial charge in [0.05, 0.1) is 21.1 Å². The number of halogens is 6. The Morgan fingerprint density at radius 3 is 1.39 bits per heavy atom. The van der Waals surface area contributed by atoms with E-state index in [1.807, 2.05) is 0 Å². The van der Waals surface area contributed by atoms with Crippen molar-refractivity contribution in [3.05, 3.63) is 29.8 Å². The van der Waals surface area contributed by atoms with Crippen LogP contribution in [-0.2, 0) is 0 Å². The number of para-hydroxylation sites is 1. The van der Waals surface area contributed by atoms with Crippen molar-refractivity contribution in [2.24, 2.45) is 0 Å². The van der Waals surface area contributed by atoms with E-state index in [0.29, 0.717) is 0 Å². The van der Waals surface area contributed by atoms with Crippen molar-refractivity contribution >= 4 is 13.5 Å². The normalized spacial score (nSPS) is 16.1. The molecule has 0 spiro atoms. The molecular weight excluding hydrogens is 279 g/mol. The van der Waals surface area contributed by atoms with Gasteiger partial charge in [-0.2, -0.15) is 0 Å². The number of nitrogens with zero attached hydrogens (tertiary/aromatic N) is 1. The Morgan fingerprint density at radius 1 is 0.833 bits per heavy atom. The van der Waals surface area contributed by atoms with Gasteiger partial charge in [-0.3, -0.25) is 4.48 Å². The van der Waals surface area contributed by atoms with Crippen LogP contribution in [0.5, 0.6) is 0 Å². The van der Waals surface area contributed by atoms with E-state index in [1.165, 1.54) is 11.3 Å². The van der Waals surface area contributed by atoms with E-state index in [0.717, 1.165) is 4.48 Å². The number of benzene rings is 1. The summed E-state index contributed by atoms with van der Waals surface area (Å²) in [7, 11) is -4.11. The van der Waals surface area contributed by atoms with Crippen LogP contribution >= 0.6 is 7.81 Å². The van der Waals surface area contributed by atoms with Gasteiger partial charge in [-0.25, -0.2) is 0 Å². The van der Waals surface area contributed by atoms with Crippen LogP contribution < -0.4 is 4.48 Å². The van der Waals surface area contributed by atoms with E-state index in [-0.39, 0.29) is 0 Å². The standard InChI is InChI=1S/C10H16N.F6P/c1-9-7-5-6-8-10(9)11(2,3)4;1-7(2,3,4,5)6/h5-8H,1-4H3;/q+1;-1. The van der Waals surface area contributed by atoms with Crippen LogP contribution in [0.25, 0.3) is 0 Å². The predicted molar refractivity (Wildman–Crippen MR) is 64.3 cm³/mol. The fourth-order valence-electron chi connectivity index (χ4n) is 1.32. The van der Waals surface area contributed by atoms with E-state index in [1.54, 1.807) is 0 Å². The maximum absolute atomic E-state index is 10.7. The van der Waals surface area contributed by atoms with Gasteiger partial charge >= 0.3 is 33.0 Å². The Bertz CT molecular complexity index is 405. The Labute approximate surface area is 102 Å². The molecule has 0 aliphatic heterocycles. The molecule has 0 unspecified atom stereocenters. The SMILES string of the molecule is Cc1ccccc1[N+](C)(C)C.F[P-](F)(F)(F)(F)F. The quantitative estimate of drug-likeness (QED) is 0.361. The molecule has 1 aromatic carbocycles. The summed E-state index contributed by atoms with van der Waals surface area (Å²) in [6.07, 6.45) is 0. The van der Waals surface area contributed by atoms with E-state index < -0.39 is 7.81 Å². The van der Waals surface area contributed by atoms with Gasteiger partial charge in [-0.05, 0) is 13.0 Å². The third-order valence-corrected chi connectivity index (χ3v) is 1.84. The molecule has 0 N–H and O–H groups in total. The summed E-state index contributed by atoms with van der Waals surface area (Å²) in [4.78, 5) is 0. The summed E-state index contributed by atoms with van der Waals surface area (Å²) < 4.78 is 60.1. The van der Waals surface area contributed by atoms with Crippen molar-refractivity contribution in [3.63, 3.8) is 0 Å². The molecule has 0 heterocycles. The molecule has 0 saturated carbocycles. The van der Waals surface area contributed by atoms with Crippen LogP contribution in [0.3, 0.4) is 0 Å². The predicted octanol–water partition coefficient (Wildman–Crippen LogP) is 5.57. The van der Waals surface area contributed by atoms with Crippen molar-refractivity contribution in [1.29, 1.82) is 0 Å². The second kappa shape index (κ2) is 4.10. The fraction of sp³-hybridized carbons (Fsp3) is 0.400. The van der Waals surface area contributed by atoms with Gasteiger partial charge in [-0.15, -0.1) is 0 Å².